The summed E-state index contributed by atoms with van der Waals surface area (Å²) in [7, 11) is 0. The number of aliphatic hydroxyl groups excluding tert-OH is 1. The van der Waals surface area contributed by atoms with Crippen LogP contribution >= 0.6 is 23.2 Å². The Morgan fingerprint density at radius 3 is 2.62 bits per heavy atom. The predicted molar refractivity (Wildman–Crippen MR) is 69.2 cm³/mol. The molecule has 0 aromatic heterocycles. The molecule has 1 aromatic rings. The predicted octanol–water partition coefficient (Wildman–Crippen LogP) is 3.41. The maximum atomic E-state index is 9.45. The van der Waals surface area contributed by atoms with Crippen LogP contribution in [0.4, 0.5) is 0 Å². The molecule has 0 heterocycles. The minimum atomic E-state index is -0.312. The minimum Gasteiger partial charge on any atom is -0.392 e. The number of aliphatic hydroxyl groups is 1. The molecule has 4 heteroatoms. The zero-order valence-electron chi connectivity index (χ0n) is 9.50. The van der Waals surface area contributed by atoms with E-state index in [9.17, 15) is 5.11 Å². The van der Waals surface area contributed by atoms with Crippen LogP contribution in [0.5, 0.6) is 0 Å². The van der Waals surface area contributed by atoms with Crippen LogP contribution in [-0.2, 0) is 0 Å². The van der Waals surface area contributed by atoms with Gasteiger partial charge in [0.2, 0.25) is 0 Å². The van der Waals surface area contributed by atoms with Crippen molar-refractivity contribution in [2.24, 2.45) is 0 Å². The average Bonchev–Trinajstić information content (AvgIpc) is 2.25. The molecule has 0 aliphatic heterocycles. The Bertz CT molecular complexity index is 344. The first-order chi connectivity index (χ1) is 7.54. The summed E-state index contributed by atoms with van der Waals surface area (Å²) in [6.07, 6.45) is 0.433. The fraction of sp³-hybridized carbons (Fsp3) is 0.500. The second-order valence-corrected chi connectivity index (χ2v) is 4.70. The largest absolute Gasteiger partial charge is 0.392 e. The summed E-state index contributed by atoms with van der Waals surface area (Å²) < 4.78 is 0. The maximum Gasteiger partial charge on any atom is 0.0662 e. The summed E-state index contributed by atoms with van der Waals surface area (Å²) in [5, 5.41) is 14.0. The van der Waals surface area contributed by atoms with Gasteiger partial charge in [0, 0.05) is 22.6 Å². The standard InChI is InChI=1S/C12H17Cl2NO/c1-3-10(16)7-15-8(2)11-5-4-9(13)6-12(11)14/h4-6,8,10,15-16H,3,7H2,1-2H3. The first kappa shape index (κ1) is 13.8. The molecular weight excluding hydrogens is 245 g/mol. The molecule has 0 spiro atoms. The van der Waals surface area contributed by atoms with Crippen LogP contribution in [0.1, 0.15) is 31.9 Å². The lowest BCUT2D eigenvalue weighted by atomic mass is 10.1. The van der Waals surface area contributed by atoms with Gasteiger partial charge in [-0.05, 0) is 31.0 Å². The fourth-order valence-electron chi connectivity index (χ4n) is 1.42. The molecule has 2 atom stereocenters. The highest BCUT2D eigenvalue weighted by Gasteiger charge is 2.10. The minimum absolute atomic E-state index is 0.103. The van der Waals surface area contributed by atoms with E-state index in [2.05, 4.69) is 5.32 Å². The van der Waals surface area contributed by atoms with E-state index >= 15 is 0 Å². The first-order valence-corrected chi connectivity index (χ1v) is 6.16. The van der Waals surface area contributed by atoms with Gasteiger partial charge >= 0.3 is 0 Å². The van der Waals surface area contributed by atoms with Gasteiger partial charge in [-0.2, -0.15) is 0 Å². The van der Waals surface area contributed by atoms with E-state index in [1.165, 1.54) is 0 Å². The van der Waals surface area contributed by atoms with Crippen molar-refractivity contribution in [3.8, 4) is 0 Å². The molecule has 1 rings (SSSR count). The molecule has 0 saturated carbocycles. The van der Waals surface area contributed by atoms with Gasteiger partial charge in [0.15, 0.2) is 0 Å². The molecule has 2 nitrogen and oxygen atoms in total. The van der Waals surface area contributed by atoms with Gasteiger partial charge in [-0.3, -0.25) is 0 Å². The van der Waals surface area contributed by atoms with E-state index < -0.39 is 0 Å². The second kappa shape index (κ2) is 6.45. The number of hydrogen-bond donors (Lipinski definition) is 2. The third-order valence-electron chi connectivity index (χ3n) is 2.56. The van der Waals surface area contributed by atoms with Crippen LogP contribution < -0.4 is 5.32 Å². The van der Waals surface area contributed by atoms with Crippen molar-refractivity contribution in [3.63, 3.8) is 0 Å². The Hall–Kier alpha value is -0.280. The third kappa shape index (κ3) is 3.95. The van der Waals surface area contributed by atoms with Gasteiger partial charge in [-0.15, -0.1) is 0 Å². The number of halogens is 2. The van der Waals surface area contributed by atoms with E-state index in [4.69, 9.17) is 23.2 Å². The van der Waals surface area contributed by atoms with Crippen molar-refractivity contribution in [2.45, 2.75) is 32.4 Å². The van der Waals surface area contributed by atoms with Crippen molar-refractivity contribution in [1.82, 2.24) is 5.32 Å². The summed E-state index contributed by atoms with van der Waals surface area (Å²) in [5.74, 6) is 0. The molecule has 1 aromatic carbocycles. The van der Waals surface area contributed by atoms with Crippen LogP contribution in [0.2, 0.25) is 10.0 Å². The van der Waals surface area contributed by atoms with Crippen LogP contribution in [-0.4, -0.2) is 17.8 Å². The molecule has 0 saturated heterocycles. The summed E-state index contributed by atoms with van der Waals surface area (Å²) >= 11 is 11.9. The maximum absolute atomic E-state index is 9.45. The molecule has 0 aliphatic carbocycles. The molecule has 16 heavy (non-hydrogen) atoms. The monoisotopic (exact) mass is 261 g/mol. The number of rotatable bonds is 5. The highest BCUT2D eigenvalue weighted by molar-refractivity contribution is 6.35. The van der Waals surface area contributed by atoms with E-state index in [-0.39, 0.29) is 12.1 Å². The summed E-state index contributed by atoms with van der Waals surface area (Å²) in [4.78, 5) is 0. The van der Waals surface area contributed by atoms with E-state index in [0.717, 1.165) is 12.0 Å². The molecule has 0 amide bonds. The van der Waals surface area contributed by atoms with Crippen molar-refractivity contribution in [2.75, 3.05) is 6.54 Å². The molecule has 2 N–H and O–H groups in total. The lowest BCUT2D eigenvalue weighted by Gasteiger charge is -2.17. The van der Waals surface area contributed by atoms with Gasteiger partial charge in [0.1, 0.15) is 0 Å². The zero-order valence-corrected chi connectivity index (χ0v) is 11.0. The van der Waals surface area contributed by atoms with Gasteiger partial charge in [0.25, 0.3) is 0 Å². The van der Waals surface area contributed by atoms with Crippen LogP contribution in [0, 0.1) is 0 Å². The Balaban J connectivity index is 2.62. The highest BCUT2D eigenvalue weighted by atomic mass is 35.5. The zero-order chi connectivity index (χ0) is 12.1. The van der Waals surface area contributed by atoms with E-state index in [0.29, 0.717) is 16.6 Å². The quantitative estimate of drug-likeness (QED) is 0.852. The third-order valence-corrected chi connectivity index (χ3v) is 3.12. The smallest absolute Gasteiger partial charge is 0.0662 e. The molecule has 0 aliphatic rings. The van der Waals surface area contributed by atoms with Crippen LogP contribution in [0.3, 0.4) is 0 Å². The molecular formula is C12H17Cl2NO. The molecule has 0 radical (unpaired) electrons. The van der Waals surface area contributed by atoms with Crippen molar-refractivity contribution >= 4 is 23.2 Å². The SMILES string of the molecule is CCC(O)CNC(C)c1ccc(Cl)cc1Cl. The van der Waals surface area contributed by atoms with Crippen molar-refractivity contribution in [1.29, 1.82) is 0 Å². The molecule has 2 unspecified atom stereocenters. The van der Waals surface area contributed by atoms with Crippen molar-refractivity contribution in [3.05, 3.63) is 33.8 Å². The fourth-order valence-corrected chi connectivity index (χ4v) is 1.99. The van der Waals surface area contributed by atoms with Gasteiger partial charge < -0.3 is 10.4 Å². The number of hydrogen-bond acceptors (Lipinski definition) is 2. The van der Waals surface area contributed by atoms with E-state index in [1.807, 2.05) is 26.0 Å². The second-order valence-electron chi connectivity index (χ2n) is 3.86. The van der Waals surface area contributed by atoms with E-state index in [1.54, 1.807) is 6.07 Å². The first-order valence-electron chi connectivity index (χ1n) is 5.41. The molecule has 0 bridgehead atoms. The summed E-state index contributed by atoms with van der Waals surface area (Å²) in [5.41, 5.74) is 0.995. The Morgan fingerprint density at radius 2 is 2.06 bits per heavy atom. The van der Waals surface area contributed by atoms with Crippen LogP contribution in [0.15, 0.2) is 18.2 Å². The summed E-state index contributed by atoms with van der Waals surface area (Å²) in [6, 6.07) is 5.55. The normalized spacial score (nSPS) is 14.8. The number of nitrogens with one attached hydrogen (secondary N) is 1. The Kier molecular flexibility index (Phi) is 5.56. The topological polar surface area (TPSA) is 32.3 Å². The van der Waals surface area contributed by atoms with Gasteiger partial charge in [0.05, 0.1) is 6.10 Å². The van der Waals surface area contributed by atoms with Crippen molar-refractivity contribution < 1.29 is 5.11 Å². The lowest BCUT2D eigenvalue weighted by molar-refractivity contribution is 0.164. The Labute approximate surface area is 107 Å². The molecule has 0 fully saturated rings. The van der Waals surface area contributed by atoms with Gasteiger partial charge in [-0.1, -0.05) is 36.2 Å². The van der Waals surface area contributed by atoms with Crippen LogP contribution in [0.25, 0.3) is 0 Å². The Morgan fingerprint density at radius 1 is 1.38 bits per heavy atom. The highest BCUT2D eigenvalue weighted by Crippen LogP contribution is 2.25. The molecule has 90 valence electrons. The lowest BCUT2D eigenvalue weighted by Crippen LogP contribution is -2.28. The number of benzene rings is 1. The summed E-state index contributed by atoms with van der Waals surface area (Å²) in [6.45, 7) is 4.53. The van der Waals surface area contributed by atoms with Gasteiger partial charge in [-0.25, -0.2) is 0 Å². The average molecular weight is 262 g/mol.